The van der Waals surface area contributed by atoms with Gasteiger partial charge >= 0.3 is 5.97 Å². The second-order valence-electron chi connectivity index (χ2n) is 7.77. The van der Waals surface area contributed by atoms with Crippen LogP contribution in [0.2, 0.25) is 0 Å². The summed E-state index contributed by atoms with van der Waals surface area (Å²) < 4.78 is 5.64. The summed E-state index contributed by atoms with van der Waals surface area (Å²) in [5.41, 5.74) is 1.85. The second kappa shape index (κ2) is 4.64. The minimum absolute atomic E-state index is 0.0969. The Morgan fingerprint density at radius 1 is 1.21 bits per heavy atom. The van der Waals surface area contributed by atoms with Crippen molar-refractivity contribution in [1.82, 2.24) is 0 Å². The lowest BCUT2D eigenvalue weighted by atomic mass is 9.52. The highest BCUT2D eigenvalue weighted by molar-refractivity contribution is 5.66. The molecule has 0 spiro atoms. The third-order valence-electron chi connectivity index (χ3n) is 5.50. The van der Waals surface area contributed by atoms with Crippen LogP contribution in [0.5, 0.6) is 0 Å². The molecular weight excluding hydrogens is 236 g/mol. The van der Waals surface area contributed by atoms with Crippen LogP contribution in [0.1, 0.15) is 60.3 Å². The van der Waals surface area contributed by atoms with Gasteiger partial charge in [0, 0.05) is 12.8 Å². The zero-order valence-corrected chi connectivity index (χ0v) is 13.1. The molecule has 0 amide bonds. The van der Waals surface area contributed by atoms with Gasteiger partial charge in [-0.25, -0.2) is 0 Å². The number of carbonyl (C=O) groups excluding carboxylic acids is 1. The Bertz CT molecular complexity index is 396. The maximum absolute atomic E-state index is 11.4. The first kappa shape index (κ1) is 14.6. The molecule has 0 aromatic heterocycles. The van der Waals surface area contributed by atoms with Gasteiger partial charge in [-0.15, -0.1) is 0 Å². The molecule has 0 aliphatic heterocycles. The molecule has 4 atom stereocenters. The van der Waals surface area contributed by atoms with E-state index in [9.17, 15) is 4.79 Å². The summed E-state index contributed by atoms with van der Waals surface area (Å²) in [4.78, 5) is 11.4. The van der Waals surface area contributed by atoms with Gasteiger partial charge in [-0.05, 0) is 49.4 Å². The van der Waals surface area contributed by atoms with E-state index in [1.165, 1.54) is 25.3 Å². The Kier molecular flexibility index (Phi) is 3.57. The van der Waals surface area contributed by atoms with Crippen LogP contribution in [0, 0.1) is 22.7 Å². The average Bonchev–Trinajstić information content (AvgIpc) is 2.49. The zero-order chi connectivity index (χ0) is 14.4. The fraction of sp³-hybridized carbons (Fsp3) is 0.824. The average molecular weight is 264 g/mol. The minimum atomic E-state index is -0.137. The molecule has 0 aromatic rings. The van der Waals surface area contributed by atoms with E-state index in [0.29, 0.717) is 11.8 Å². The summed E-state index contributed by atoms with van der Waals surface area (Å²) in [5, 5.41) is 0. The van der Waals surface area contributed by atoms with Crippen LogP contribution >= 0.6 is 0 Å². The SMILES string of the molecule is C=C(C)[C@@H]1CC[C@]1(C)[C@H]1CC(C)(C)C[C@H]1OC(C)=O. The number of ether oxygens (including phenoxy) is 1. The molecule has 0 bridgehead atoms. The van der Waals surface area contributed by atoms with Gasteiger partial charge in [0.1, 0.15) is 6.10 Å². The maximum atomic E-state index is 11.4. The quantitative estimate of drug-likeness (QED) is 0.559. The molecule has 2 heteroatoms. The van der Waals surface area contributed by atoms with Crippen molar-refractivity contribution in [3.8, 4) is 0 Å². The van der Waals surface area contributed by atoms with Crippen molar-refractivity contribution >= 4 is 5.97 Å². The zero-order valence-electron chi connectivity index (χ0n) is 13.1. The van der Waals surface area contributed by atoms with Crippen molar-refractivity contribution in [2.75, 3.05) is 0 Å². The van der Waals surface area contributed by atoms with E-state index in [0.717, 1.165) is 12.8 Å². The minimum Gasteiger partial charge on any atom is -0.462 e. The Balaban J connectivity index is 2.21. The highest BCUT2D eigenvalue weighted by Crippen LogP contribution is 2.61. The third kappa shape index (κ3) is 2.59. The van der Waals surface area contributed by atoms with Crippen LogP contribution < -0.4 is 0 Å². The number of rotatable bonds is 3. The molecule has 2 aliphatic rings. The monoisotopic (exact) mass is 264 g/mol. The van der Waals surface area contributed by atoms with Crippen LogP contribution in [0.25, 0.3) is 0 Å². The first-order valence-electron chi connectivity index (χ1n) is 7.48. The van der Waals surface area contributed by atoms with Crippen molar-refractivity contribution in [2.24, 2.45) is 22.7 Å². The molecule has 0 saturated heterocycles. The van der Waals surface area contributed by atoms with Gasteiger partial charge in [0.25, 0.3) is 0 Å². The Labute approximate surface area is 117 Å². The van der Waals surface area contributed by atoms with Gasteiger partial charge in [-0.1, -0.05) is 32.9 Å². The smallest absolute Gasteiger partial charge is 0.302 e. The summed E-state index contributed by atoms with van der Waals surface area (Å²) in [6, 6.07) is 0. The number of hydrogen-bond acceptors (Lipinski definition) is 2. The molecule has 108 valence electrons. The first-order valence-corrected chi connectivity index (χ1v) is 7.48. The number of carbonyl (C=O) groups is 1. The molecule has 2 fully saturated rings. The van der Waals surface area contributed by atoms with Crippen molar-refractivity contribution in [1.29, 1.82) is 0 Å². The fourth-order valence-corrected chi connectivity index (χ4v) is 4.49. The van der Waals surface area contributed by atoms with E-state index in [1.54, 1.807) is 0 Å². The Hall–Kier alpha value is -0.790. The van der Waals surface area contributed by atoms with Crippen LogP contribution in [0.3, 0.4) is 0 Å². The van der Waals surface area contributed by atoms with Crippen molar-refractivity contribution in [2.45, 2.75) is 66.4 Å². The van der Waals surface area contributed by atoms with Gasteiger partial charge in [0.15, 0.2) is 0 Å². The third-order valence-corrected chi connectivity index (χ3v) is 5.50. The topological polar surface area (TPSA) is 26.3 Å². The van der Waals surface area contributed by atoms with Gasteiger partial charge < -0.3 is 4.74 Å². The molecule has 2 nitrogen and oxygen atoms in total. The molecular formula is C17H28O2. The summed E-state index contributed by atoms with van der Waals surface area (Å²) in [5.74, 6) is 0.953. The van der Waals surface area contributed by atoms with E-state index in [1.807, 2.05) is 0 Å². The predicted molar refractivity (Wildman–Crippen MR) is 77.7 cm³/mol. The molecule has 0 heterocycles. The van der Waals surface area contributed by atoms with Gasteiger partial charge in [0.2, 0.25) is 0 Å². The molecule has 2 aliphatic carbocycles. The lowest BCUT2D eigenvalue weighted by molar-refractivity contribution is -0.153. The standard InChI is InChI=1S/C17H28O2/c1-11(2)13-7-8-17(13,6)14-9-16(4,5)10-15(14)19-12(3)18/h13-15H,1,7-10H2,2-6H3/t13-,14-,15+,17-/m0/s1. The van der Waals surface area contributed by atoms with Crippen molar-refractivity contribution in [3.63, 3.8) is 0 Å². The van der Waals surface area contributed by atoms with E-state index < -0.39 is 0 Å². The normalized spacial score (nSPS) is 40.6. The van der Waals surface area contributed by atoms with Gasteiger partial charge in [0.05, 0.1) is 0 Å². The van der Waals surface area contributed by atoms with Gasteiger partial charge in [-0.3, -0.25) is 4.79 Å². The van der Waals surface area contributed by atoms with E-state index in [2.05, 4.69) is 34.3 Å². The van der Waals surface area contributed by atoms with Crippen LogP contribution in [-0.2, 0) is 9.53 Å². The second-order valence-corrected chi connectivity index (χ2v) is 7.77. The summed E-state index contributed by atoms with van der Waals surface area (Å²) >= 11 is 0. The molecule has 0 radical (unpaired) electrons. The van der Waals surface area contributed by atoms with Crippen molar-refractivity contribution < 1.29 is 9.53 Å². The molecule has 0 aromatic carbocycles. The van der Waals surface area contributed by atoms with Crippen LogP contribution in [0.15, 0.2) is 12.2 Å². The predicted octanol–water partition coefficient (Wildman–Crippen LogP) is 4.35. The maximum Gasteiger partial charge on any atom is 0.302 e. The van der Waals surface area contributed by atoms with Crippen LogP contribution in [0.4, 0.5) is 0 Å². The number of hydrogen-bond donors (Lipinski definition) is 0. The highest BCUT2D eigenvalue weighted by atomic mass is 16.5. The molecule has 2 rings (SSSR count). The van der Waals surface area contributed by atoms with Gasteiger partial charge in [-0.2, -0.15) is 0 Å². The lowest BCUT2D eigenvalue weighted by Crippen LogP contribution is -2.47. The van der Waals surface area contributed by atoms with E-state index >= 15 is 0 Å². The summed E-state index contributed by atoms with van der Waals surface area (Å²) in [7, 11) is 0. The first-order chi connectivity index (χ1) is 8.66. The fourth-order valence-electron chi connectivity index (χ4n) is 4.49. The Morgan fingerprint density at radius 3 is 2.26 bits per heavy atom. The van der Waals surface area contributed by atoms with Crippen molar-refractivity contribution in [3.05, 3.63) is 12.2 Å². The lowest BCUT2D eigenvalue weighted by Gasteiger charge is -2.53. The Morgan fingerprint density at radius 2 is 1.84 bits per heavy atom. The van der Waals surface area contributed by atoms with E-state index in [4.69, 9.17) is 4.74 Å². The highest BCUT2D eigenvalue weighted by Gasteiger charge is 2.56. The molecule has 19 heavy (non-hydrogen) atoms. The summed E-state index contributed by atoms with van der Waals surface area (Å²) in [6.45, 7) is 14.8. The number of allylic oxidation sites excluding steroid dienone is 1. The summed E-state index contributed by atoms with van der Waals surface area (Å²) in [6.07, 6.45) is 4.74. The van der Waals surface area contributed by atoms with Crippen LogP contribution in [-0.4, -0.2) is 12.1 Å². The van der Waals surface area contributed by atoms with E-state index in [-0.39, 0.29) is 22.9 Å². The molecule has 0 unspecified atom stereocenters. The molecule has 2 saturated carbocycles. The number of esters is 1. The molecule has 0 N–H and O–H groups in total. The largest absolute Gasteiger partial charge is 0.462 e.